The molecule has 0 saturated heterocycles. The minimum Gasteiger partial charge on any atom is -0.348 e. The van der Waals surface area contributed by atoms with Gasteiger partial charge < -0.3 is 9.88 Å². The van der Waals surface area contributed by atoms with Crippen LogP contribution in [0.1, 0.15) is 28.1 Å². The number of hydrogen-bond acceptors (Lipinski definition) is 6. The summed E-state index contributed by atoms with van der Waals surface area (Å²) in [4.78, 5) is 26.5. The third-order valence-corrected chi connectivity index (χ3v) is 4.65. The van der Waals surface area contributed by atoms with E-state index in [1.165, 1.54) is 11.3 Å². The van der Waals surface area contributed by atoms with Crippen LogP contribution in [-0.2, 0) is 6.42 Å². The number of aromatic amines is 1. The molecule has 3 aromatic rings. The van der Waals surface area contributed by atoms with Crippen LogP contribution in [-0.4, -0.2) is 42.6 Å². The van der Waals surface area contributed by atoms with Crippen molar-refractivity contribution in [3.05, 3.63) is 52.8 Å². The van der Waals surface area contributed by atoms with Gasteiger partial charge in [0.2, 0.25) is 5.13 Å². The van der Waals surface area contributed by atoms with Gasteiger partial charge in [-0.05, 0) is 19.1 Å². The fourth-order valence-corrected chi connectivity index (χ4v) is 3.42. The lowest BCUT2D eigenvalue weighted by molar-refractivity contribution is 0.191. The molecule has 4 heterocycles. The number of nitrogens with zero attached hydrogens (tertiary/aromatic N) is 5. The molecule has 2 amide bonds. The maximum atomic E-state index is 12.8. The molecule has 1 aliphatic heterocycles. The van der Waals surface area contributed by atoms with Crippen LogP contribution in [0, 0.1) is 6.92 Å². The number of pyridine rings is 1. The number of urea groups is 1. The van der Waals surface area contributed by atoms with Crippen LogP contribution in [0.15, 0.2) is 30.7 Å². The minimum atomic E-state index is -0.324. The van der Waals surface area contributed by atoms with Crippen molar-refractivity contribution in [2.24, 2.45) is 0 Å². The highest BCUT2D eigenvalue weighted by atomic mass is 32.1. The average molecular weight is 341 g/mol. The van der Waals surface area contributed by atoms with Gasteiger partial charge in [0.05, 0.1) is 17.7 Å². The Bertz CT molecular complexity index is 860. The Labute approximate surface area is 142 Å². The van der Waals surface area contributed by atoms with Gasteiger partial charge in [0.25, 0.3) is 0 Å². The van der Waals surface area contributed by atoms with E-state index >= 15 is 0 Å². The molecule has 3 aromatic heterocycles. The van der Waals surface area contributed by atoms with Crippen molar-refractivity contribution >= 4 is 22.5 Å². The number of aryl methyl sites for hydroxylation is 1. The molecule has 0 fully saturated rings. The van der Waals surface area contributed by atoms with Crippen LogP contribution >= 0.6 is 11.3 Å². The second-order valence-electron chi connectivity index (χ2n) is 5.42. The van der Waals surface area contributed by atoms with Gasteiger partial charge in [-0.3, -0.25) is 10.3 Å². The van der Waals surface area contributed by atoms with Crippen molar-refractivity contribution in [2.45, 2.75) is 19.4 Å². The molecule has 9 heteroatoms. The van der Waals surface area contributed by atoms with Gasteiger partial charge in [0, 0.05) is 24.9 Å². The van der Waals surface area contributed by atoms with Crippen LogP contribution in [0.2, 0.25) is 0 Å². The smallest absolute Gasteiger partial charge is 0.324 e. The quantitative estimate of drug-likeness (QED) is 0.744. The number of aromatic nitrogens is 5. The summed E-state index contributed by atoms with van der Waals surface area (Å²) in [6.07, 6.45) is 4.11. The summed E-state index contributed by atoms with van der Waals surface area (Å²) in [6.45, 7) is 2.42. The molecular formula is C15H15N7OS. The van der Waals surface area contributed by atoms with E-state index in [4.69, 9.17) is 0 Å². The van der Waals surface area contributed by atoms with Gasteiger partial charge in [-0.25, -0.2) is 9.78 Å². The maximum absolute atomic E-state index is 12.8. The largest absolute Gasteiger partial charge is 0.348 e. The van der Waals surface area contributed by atoms with Crippen LogP contribution in [0.5, 0.6) is 0 Å². The van der Waals surface area contributed by atoms with Crippen molar-refractivity contribution in [3.8, 4) is 0 Å². The molecule has 8 nitrogen and oxygen atoms in total. The minimum absolute atomic E-state index is 0.226. The SMILES string of the molecule is Cc1nnc(NC(=O)N2CCc3[nH]cnc3[C@@H]2c2ccccn2)s1. The monoisotopic (exact) mass is 341 g/mol. The van der Waals surface area contributed by atoms with E-state index in [9.17, 15) is 4.79 Å². The second-order valence-corrected chi connectivity index (χ2v) is 6.60. The van der Waals surface area contributed by atoms with Crippen molar-refractivity contribution in [1.82, 2.24) is 30.0 Å². The summed E-state index contributed by atoms with van der Waals surface area (Å²) in [5.41, 5.74) is 2.67. The number of fused-ring (bicyclic) bond motifs is 1. The number of carbonyl (C=O) groups is 1. The zero-order valence-electron chi connectivity index (χ0n) is 12.9. The number of H-pyrrole nitrogens is 1. The van der Waals surface area contributed by atoms with Crippen LogP contribution in [0.4, 0.5) is 9.93 Å². The second kappa shape index (κ2) is 6.00. The fraction of sp³-hybridized carbons (Fsp3) is 0.267. The summed E-state index contributed by atoms with van der Waals surface area (Å²) < 4.78 is 0. The normalized spacial score (nSPS) is 16.7. The molecule has 0 aliphatic carbocycles. The van der Waals surface area contributed by atoms with Crippen molar-refractivity contribution in [1.29, 1.82) is 0 Å². The highest BCUT2D eigenvalue weighted by molar-refractivity contribution is 7.15. The van der Waals surface area contributed by atoms with E-state index in [1.807, 2.05) is 25.1 Å². The lowest BCUT2D eigenvalue weighted by Crippen LogP contribution is -2.43. The molecule has 2 N–H and O–H groups in total. The number of amides is 2. The molecule has 1 aliphatic rings. The summed E-state index contributed by atoms with van der Waals surface area (Å²) in [5.74, 6) is 0. The molecule has 122 valence electrons. The van der Waals surface area contributed by atoms with E-state index in [0.717, 1.165) is 28.5 Å². The van der Waals surface area contributed by atoms with Crippen LogP contribution in [0.25, 0.3) is 0 Å². The van der Waals surface area contributed by atoms with E-state index in [-0.39, 0.29) is 12.1 Å². The van der Waals surface area contributed by atoms with Crippen molar-refractivity contribution in [2.75, 3.05) is 11.9 Å². The Morgan fingerprint density at radius 2 is 2.29 bits per heavy atom. The first-order valence-corrected chi connectivity index (χ1v) is 8.35. The fourth-order valence-electron chi connectivity index (χ4n) is 2.84. The Kier molecular flexibility index (Phi) is 3.69. The summed E-state index contributed by atoms with van der Waals surface area (Å²) in [5, 5.41) is 12.0. The molecule has 0 spiro atoms. The van der Waals surface area contributed by atoms with Crippen molar-refractivity contribution in [3.63, 3.8) is 0 Å². The summed E-state index contributed by atoms with van der Waals surface area (Å²) in [7, 11) is 0. The zero-order chi connectivity index (χ0) is 16.5. The van der Waals surface area contributed by atoms with Gasteiger partial charge in [0.1, 0.15) is 11.0 Å². The number of nitrogens with one attached hydrogen (secondary N) is 2. The highest BCUT2D eigenvalue weighted by Crippen LogP contribution is 2.32. The Balaban J connectivity index is 1.67. The molecule has 24 heavy (non-hydrogen) atoms. The maximum Gasteiger partial charge on any atom is 0.324 e. The van der Waals surface area contributed by atoms with Gasteiger partial charge >= 0.3 is 6.03 Å². The number of hydrogen-bond donors (Lipinski definition) is 2. The molecule has 0 unspecified atom stereocenters. The number of carbonyl (C=O) groups excluding carboxylic acids is 1. The molecule has 0 radical (unpaired) electrons. The lowest BCUT2D eigenvalue weighted by atomic mass is 10.00. The first kappa shape index (κ1) is 14.8. The molecule has 1 atom stereocenters. The highest BCUT2D eigenvalue weighted by Gasteiger charge is 2.35. The molecule has 0 saturated carbocycles. The predicted octanol–water partition coefficient (Wildman–Crippen LogP) is 2.14. The number of imidazole rings is 1. The number of rotatable bonds is 2. The first-order valence-electron chi connectivity index (χ1n) is 7.53. The lowest BCUT2D eigenvalue weighted by Gasteiger charge is -2.34. The Morgan fingerprint density at radius 3 is 3.04 bits per heavy atom. The van der Waals surface area contributed by atoms with E-state index in [1.54, 1.807) is 17.4 Å². The summed E-state index contributed by atoms with van der Waals surface area (Å²) >= 11 is 1.35. The van der Waals surface area contributed by atoms with Gasteiger partial charge in [0.15, 0.2) is 0 Å². The molecule has 0 aromatic carbocycles. The first-order chi connectivity index (χ1) is 11.7. The van der Waals surface area contributed by atoms with Crippen LogP contribution < -0.4 is 5.32 Å². The van der Waals surface area contributed by atoms with Gasteiger partial charge in [-0.2, -0.15) is 0 Å². The molecule has 0 bridgehead atoms. The van der Waals surface area contributed by atoms with E-state index in [2.05, 4.69) is 30.5 Å². The van der Waals surface area contributed by atoms with E-state index in [0.29, 0.717) is 11.7 Å². The average Bonchev–Trinajstić information content (AvgIpc) is 3.23. The topological polar surface area (TPSA) is 99.7 Å². The Hall–Kier alpha value is -2.81. The van der Waals surface area contributed by atoms with Crippen LogP contribution in [0.3, 0.4) is 0 Å². The number of anilines is 1. The third kappa shape index (κ3) is 2.62. The molecule has 4 rings (SSSR count). The predicted molar refractivity (Wildman–Crippen MR) is 88.7 cm³/mol. The van der Waals surface area contributed by atoms with Crippen molar-refractivity contribution < 1.29 is 4.79 Å². The Morgan fingerprint density at radius 1 is 1.38 bits per heavy atom. The van der Waals surface area contributed by atoms with E-state index < -0.39 is 0 Å². The molecular weight excluding hydrogens is 326 g/mol. The van der Waals surface area contributed by atoms with Gasteiger partial charge in [-0.1, -0.05) is 17.4 Å². The van der Waals surface area contributed by atoms with Gasteiger partial charge in [-0.15, -0.1) is 10.2 Å². The third-order valence-electron chi connectivity index (χ3n) is 3.89. The zero-order valence-corrected chi connectivity index (χ0v) is 13.7. The summed E-state index contributed by atoms with van der Waals surface area (Å²) in [6, 6.07) is 5.12. The standard InChI is InChI=1S/C15H15N7OS/c1-9-20-21-14(24-9)19-15(23)22-7-5-10-12(18-8-17-10)13(22)11-4-2-3-6-16-11/h2-4,6,8,13H,5,7H2,1H3,(H,17,18)(H,19,21,23)/t13-/m0/s1.